The van der Waals surface area contributed by atoms with Crippen LogP contribution in [0.3, 0.4) is 0 Å². The second-order valence-electron chi connectivity index (χ2n) is 5.70. The van der Waals surface area contributed by atoms with Crippen LogP contribution in [0, 0.1) is 5.92 Å². The molecule has 1 aromatic rings. The molecule has 0 aromatic carbocycles. The molecule has 1 aliphatic rings. The van der Waals surface area contributed by atoms with Gasteiger partial charge in [0.1, 0.15) is 6.04 Å². The summed E-state index contributed by atoms with van der Waals surface area (Å²) in [7, 11) is 0. The van der Waals surface area contributed by atoms with E-state index < -0.39 is 6.04 Å². The molecule has 2 unspecified atom stereocenters. The van der Waals surface area contributed by atoms with Crippen LogP contribution >= 0.6 is 11.3 Å². The van der Waals surface area contributed by atoms with Crippen molar-refractivity contribution in [3.05, 3.63) is 22.4 Å². The molecule has 1 fully saturated rings. The van der Waals surface area contributed by atoms with Gasteiger partial charge in [-0.25, -0.2) is 0 Å². The normalized spacial score (nSPS) is 23.9. The quantitative estimate of drug-likeness (QED) is 0.924. The first-order valence-electron chi connectivity index (χ1n) is 7.11. The van der Waals surface area contributed by atoms with Crippen molar-refractivity contribution < 1.29 is 9.59 Å². The molecule has 1 N–H and O–H groups in total. The number of carbonyl (C=O) groups excluding carboxylic acids is 2. The van der Waals surface area contributed by atoms with E-state index in [4.69, 9.17) is 0 Å². The van der Waals surface area contributed by atoms with E-state index in [-0.39, 0.29) is 23.8 Å². The van der Waals surface area contributed by atoms with Crippen LogP contribution in [0.2, 0.25) is 0 Å². The standard InChI is InChI=1S/C15H22N2O2S/c1-10(2)14-15(19)17(11(3)9-13(18)16-14)7-6-12-5-4-8-20-12/h4-5,8,10-11,14H,6-7,9H2,1-3H3,(H,16,18). The molecule has 1 aliphatic heterocycles. The lowest BCUT2D eigenvalue weighted by Crippen LogP contribution is -2.49. The van der Waals surface area contributed by atoms with Crippen molar-refractivity contribution >= 4 is 23.2 Å². The summed E-state index contributed by atoms with van der Waals surface area (Å²) in [6.45, 7) is 6.57. The van der Waals surface area contributed by atoms with Crippen molar-refractivity contribution in [2.45, 2.75) is 45.7 Å². The fraction of sp³-hybridized carbons (Fsp3) is 0.600. The number of amides is 2. The minimum absolute atomic E-state index is 0.0248. The molecule has 2 amide bonds. The summed E-state index contributed by atoms with van der Waals surface area (Å²) in [6, 6.07) is 3.68. The third kappa shape index (κ3) is 3.39. The van der Waals surface area contributed by atoms with Crippen LogP contribution in [0.25, 0.3) is 0 Å². The Kier molecular flexibility index (Phi) is 4.81. The molecule has 0 bridgehead atoms. The Morgan fingerprint density at radius 1 is 1.45 bits per heavy atom. The Labute approximate surface area is 124 Å². The number of nitrogens with zero attached hydrogens (tertiary/aromatic N) is 1. The zero-order chi connectivity index (χ0) is 14.7. The van der Waals surface area contributed by atoms with Crippen molar-refractivity contribution in [3.8, 4) is 0 Å². The molecule has 5 heteroatoms. The number of rotatable bonds is 4. The van der Waals surface area contributed by atoms with Gasteiger partial charge in [-0.3, -0.25) is 9.59 Å². The molecular weight excluding hydrogens is 272 g/mol. The molecule has 1 aromatic heterocycles. The van der Waals surface area contributed by atoms with Crippen molar-refractivity contribution in [1.29, 1.82) is 0 Å². The predicted octanol–water partition coefficient (Wildman–Crippen LogP) is 2.05. The zero-order valence-electron chi connectivity index (χ0n) is 12.3. The van der Waals surface area contributed by atoms with Crippen LogP contribution in [0.1, 0.15) is 32.1 Å². The highest BCUT2D eigenvalue weighted by atomic mass is 32.1. The minimum atomic E-state index is -0.393. The number of nitrogens with one attached hydrogen (secondary N) is 1. The highest BCUT2D eigenvalue weighted by Gasteiger charge is 2.35. The van der Waals surface area contributed by atoms with E-state index in [0.29, 0.717) is 13.0 Å². The summed E-state index contributed by atoms with van der Waals surface area (Å²) in [5, 5.41) is 4.90. The molecule has 1 saturated heterocycles. The van der Waals surface area contributed by atoms with E-state index >= 15 is 0 Å². The van der Waals surface area contributed by atoms with Crippen molar-refractivity contribution in [2.24, 2.45) is 5.92 Å². The maximum absolute atomic E-state index is 12.6. The average Bonchev–Trinajstić information content (AvgIpc) is 2.85. The molecule has 0 radical (unpaired) electrons. The smallest absolute Gasteiger partial charge is 0.245 e. The molecule has 2 rings (SSSR count). The minimum Gasteiger partial charge on any atom is -0.344 e. The van der Waals surface area contributed by atoms with Crippen LogP contribution in [0.5, 0.6) is 0 Å². The fourth-order valence-corrected chi connectivity index (χ4v) is 3.23. The van der Waals surface area contributed by atoms with Gasteiger partial charge in [-0.15, -0.1) is 11.3 Å². The zero-order valence-corrected chi connectivity index (χ0v) is 13.1. The number of hydrogen-bond donors (Lipinski definition) is 1. The lowest BCUT2D eigenvalue weighted by atomic mass is 10.0. The van der Waals surface area contributed by atoms with E-state index in [1.165, 1.54) is 4.88 Å². The Morgan fingerprint density at radius 2 is 2.20 bits per heavy atom. The third-order valence-electron chi connectivity index (χ3n) is 3.72. The molecule has 110 valence electrons. The molecule has 0 saturated carbocycles. The van der Waals surface area contributed by atoms with Crippen LogP contribution in [-0.2, 0) is 16.0 Å². The van der Waals surface area contributed by atoms with Gasteiger partial charge in [-0.1, -0.05) is 19.9 Å². The van der Waals surface area contributed by atoms with Gasteiger partial charge in [-0.05, 0) is 30.7 Å². The Hall–Kier alpha value is -1.36. The van der Waals surface area contributed by atoms with Gasteiger partial charge in [0.15, 0.2) is 0 Å². The highest BCUT2D eigenvalue weighted by Crippen LogP contribution is 2.18. The Morgan fingerprint density at radius 3 is 2.80 bits per heavy atom. The number of carbonyl (C=O) groups is 2. The Bertz CT molecular complexity index is 470. The van der Waals surface area contributed by atoms with Crippen LogP contribution < -0.4 is 5.32 Å². The van der Waals surface area contributed by atoms with Crippen molar-refractivity contribution in [3.63, 3.8) is 0 Å². The van der Waals surface area contributed by atoms with Crippen LogP contribution in [0.15, 0.2) is 17.5 Å². The maximum Gasteiger partial charge on any atom is 0.245 e. The Balaban J connectivity index is 2.10. The molecule has 0 spiro atoms. The average molecular weight is 294 g/mol. The van der Waals surface area contributed by atoms with Gasteiger partial charge in [0.25, 0.3) is 0 Å². The molecule has 2 atom stereocenters. The van der Waals surface area contributed by atoms with Crippen molar-refractivity contribution in [1.82, 2.24) is 10.2 Å². The second kappa shape index (κ2) is 6.39. The number of thiophene rings is 1. The topological polar surface area (TPSA) is 49.4 Å². The number of hydrogen-bond acceptors (Lipinski definition) is 3. The fourth-order valence-electron chi connectivity index (χ4n) is 2.54. The van der Waals surface area contributed by atoms with Crippen LogP contribution in [0.4, 0.5) is 0 Å². The molecule has 4 nitrogen and oxygen atoms in total. The van der Waals surface area contributed by atoms with Gasteiger partial charge >= 0.3 is 0 Å². The first kappa shape index (κ1) is 15.0. The first-order valence-corrected chi connectivity index (χ1v) is 7.99. The van der Waals surface area contributed by atoms with E-state index in [0.717, 1.165) is 6.42 Å². The van der Waals surface area contributed by atoms with Crippen LogP contribution in [-0.4, -0.2) is 35.3 Å². The molecule has 20 heavy (non-hydrogen) atoms. The van der Waals surface area contributed by atoms with Gasteiger partial charge in [0.05, 0.1) is 0 Å². The monoisotopic (exact) mass is 294 g/mol. The summed E-state index contributed by atoms with van der Waals surface area (Å²) in [4.78, 5) is 27.6. The van der Waals surface area contributed by atoms with E-state index in [2.05, 4.69) is 11.4 Å². The van der Waals surface area contributed by atoms with E-state index in [1.807, 2.05) is 37.1 Å². The van der Waals surface area contributed by atoms with Gasteiger partial charge in [-0.2, -0.15) is 0 Å². The van der Waals surface area contributed by atoms with Gasteiger partial charge in [0, 0.05) is 23.9 Å². The van der Waals surface area contributed by atoms with Gasteiger partial charge < -0.3 is 10.2 Å². The van der Waals surface area contributed by atoms with Crippen molar-refractivity contribution in [2.75, 3.05) is 6.54 Å². The summed E-state index contributed by atoms with van der Waals surface area (Å²) < 4.78 is 0. The molecule has 2 heterocycles. The summed E-state index contributed by atoms with van der Waals surface area (Å²) in [5.74, 6) is 0.138. The lowest BCUT2D eigenvalue weighted by molar-refractivity contribution is -0.136. The SMILES string of the molecule is CC(C)C1NC(=O)CC(C)N(CCc2cccs2)C1=O. The summed E-state index contributed by atoms with van der Waals surface area (Å²) >= 11 is 1.71. The maximum atomic E-state index is 12.6. The summed E-state index contributed by atoms with van der Waals surface area (Å²) in [5.41, 5.74) is 0. The molecular formula is C15H22N2O2S. The summed E-state index contributed by atoms with van der Waals surface area (Å²) in [6.07, 6.45) is 1.24. The second-order valence-corrected chi connectivity index (χ2v) is 6.74. The highest BCUT2D eigenvalue weighted by molar-refractivity contribution is 7.09. The third-order valence-corrected chi connectivity index (χ3v) is 4.66. The van der Waals surface area contributed by atoms with E-state index in [1.54, 1.807) is 11.3 Å². The largest absolute Gasteiger partial charge is 0.344 e. The lowest BCUT2D eigenvalue weighted by Gasteiger charge is -2.29. The molecule has 0 aliphatic carbocycles. The van der Waals surface area contributed by atoms with E-state index in [9.17, 15) is 9.59 Å². The first-order chi connectivity index (χ1) is 9.49. The van der Waals surface area contributed by atoms with Gasteiger partial charge in [0.2, 0.25) is 11.8 Å². The predicted molar refractivity (Wildman–Crippen MR) is 80.6 cm³/mol.